The fourth-order valence-corrected chi connectivity index (χ4v) is 3.91. The van der Waals surface area contributed by atoms with Crippen molar-refractivity contribution in [2.45, 2.75) is 18.9 Å². The Morgan fingerprint density at radius 1 is 1.09 bits per heavy atom. The third kappa shape index (κ3) is 6.69. The normalized spacial score (nSPS) is 14.8. The van der Waals surface area contributed by atoms with Gasteiger partial charge in [-0.15, -0.1) is 0 Å². The van der Waals surface area contributed by atoms with Crippen LogP contribution in [-0.2, 0) is 7.05 Å². The number of nitriles is 1. The summed E-state index contributed by atoms with van der Waals surface area (Å²) < 4.78 is 1.79. The lowest BCUT2D eigenvalue weighted by molar-refractivity contribution is 0.572. The van der Waals surface area contributed by atoms with E-state index in [2.05, 4.69) is 45.1 Å². The molecule has 5 rings (SSSR count). The van der Waals surface area contributed by atoms with Crippen molar-refractivity contribution in [1.82, 2.24) is 20.1 Å². The molecule has 0 fully saturated rings. The van der Waals surface area contributed by atoms with Crippen LogP contribution in [0, 0.1) is 11.3 Å². The summed E-state index contributed by atoms with van der Waals surface area (Å²) in [5.74, 6) is 1.27. The molecule has 7 heteroatoms. The number of anilines is 2. The summed E-state index contributed by atoms with van der Waals surface area (Å²) in [6.45, 7) is 4.75. The van der Waals surface area contributed by atoms with E-state index >= 15 is 0 Å². The maximum absolute atomic E-state index is 8.91. The van der Waals surface area contributed by atoms with Crippen molar-refractivity contribution in [3.05, 3.63) is 96.4 Å². The van der Waals surface area contributed by atoms with Gasteiger partial charge in [-0.1, -0.05) is 55.5 Å². The lowest BCUT2D eigenvalue weighted by Gasteiger charge is -2.28. The van der Waals surface area contributed by atoms with Crippen LogP contribution in [0.2, 0.25) is 0 Å². The number of benzene rings is 2. The minimum atomic E-state index is 0.271. The molecule has 0 bridgehead atoms. The third-order valence-electron chi connectivity index (χ3n) is 5.92. The molecule has 7 nitrogen and oxygen atoms in total. The lowest BCUT2D eigenvalue weighted by Crippen LogP contribution is -2.42. The molecule has 0 spiro atoms. The Kier molecular flexibility index (Phi) is 8.10. The van der Waals surface area contributed by atoms with Crippen molar-refractivity contribution in [3.63, 3.8) is 0 Å². The number of pyridine rings is 1. The summed E-state index contributed by atoms with van der Waals surface area (Å²) in [6, 6.07) is 24.4. The van der Waals surface area contributed by atoms with Crippen LogP contribution in [0.3, 0.4) is 0 Å². The summed E-state index contributed by atoms with van der Waals surface area (Å²) in [6.07, 6.45) is 5.72. The van der Waals surface area contributed by atoms with Crippen LogP contribution in [0.15, 0.2) is 85.3 Å². The van der Waals surface area contributed by atoms with Crippen molar-refractivity contribution in [1.29, 1.82) is 5.26 Å². The van der Waals surface area contributed by atoms with Crippen LogP contribution in [0.25, 0.3) is 11.1 Å². The summed E-state index contributed by atoms with van der Waals surface area (Å²) in [5, 5.41) is 23.7. The maximum Gasteiger partial charge on any atom is 0.149 e. The fraction of sp³-hybridized carbons (Fsp3) is 0.250. The summed E-state index contributed by atoms with van der Waals surface area (Å²) >= 11 is 0. The first-order valence-electron chi connectivity index (χ1n) is 11.8. The molecule has 0 amide bonds. The minimum Gasteiger partial charge on any atom is -0.380 e. The van der Waals surface area contributed by atoms with E-state index in [1.54, 1.807) is 4.68 Å². The largest absolute Gasteiger partial charge is 0.380 e. The first-order valence-corrected chi connectivity index (χ1v) is 11.8. The maximum atomic E-state index is 8.91. The Hall–Kier alpha value is -4.15. The van der Waals surface area contributed by atoms with Gasteiger partial charge < -0.3 is 16.0 Å². The zero-order valence-corrected chi connectivity index (χ0v) is 20.1. The molecule has 2 atom stereocenters. The van der Waals surface area contributed by atoms with E-state index in [1.807, 2.05) is 86.3 Å². The number of nitrogens with zero attached hydrogens (tertiary/aromatic N) is 4. The molecule has 178 valence electrons. The molecular weight excluding hydrogens is 434 g/mol. The minimum absolute atomic E-state index is 0.271. The van der Waals surface area contributed by atoms with Gasteiger partial charge in [0, 0.05) is 50.2 Å². The van der Waals surface area contributed by atoms with Gasteiger partial charge in [0.2, 0.25) is 0 Å². The zero-order chi connectivity index (χ0) is 24.5. The smallest absolute Gasteiger partial charge is 0.149 e. The zero-order valence-electron chi connectivity index (χ0n) is 20.1. The molecule has 1 aliphatic rings. The summed E-state index contributed by atoms with van der Waals surface area (Å²) in [7, 11) is 1.91. The molecular formula is C28H31N7. The second-order valence-corrected chi connectivity index (χ2v) is 8.69. The van der Waals surface area contributed by atoms with E-state index in [4.69, 9.17) is 5.26 Å². The third-order valence-corrected chi connectivity index (χ3v) is 5.92. The quantitative estimate of drug-likeness (QED) is 0.384. The van der Waals surface area contributed by atoms with Crippen LogP contribution < -0.4 is 16.0 Å². The monoisotopic (exact) mass is 465 g/mol. The van der Waals surface area contributed by atoms with Gasteiger partial charge >= 0.3 is 0 Å². The Morgan fingerprint density at radius 2 is 1.80 bits per heavy atom. The number of rotatable bonds is 6. The van der Waals surface area contributed by atoms with Gasteiger partial charge in [-0.2, -0.15) is 10.4 Å². The Bertz CT molecular complexity index is 1220. The lowest BCUT2D eigenvalue weighted by atomic mass is 10.00. The van der Waals surface area contributed by atoms with Crippen molar-refractivity contribution in [3.8, 4) is 17.2 Å². The molecule has 0 saturated carbocycles. The SMILES string of the molecule is CC(CNCC1CNc2cc(-c3cnn(C)c3)cnc2N1)c1ccc(C#N)cc1.c1ccccc1. The second-order valence-electron chi connectivity index (χ2n) is 8.69. The van der Waals surface area contributed by atoms with Crippen molar-refractivity contribution < 1.29 is 0 Å². The predicted octanol–water partition coefficient (Wildman–Crippen LogP) is 4.64. The summed E-state index contributed by atoms with van der Waals surface area (Å²) in [5.41, 5.74) is 5.07. The van der Waals surface area contributed by atoms with E-state index in [0.29, 0.717) is 11.5 Å². The number of fused-ring (bicyclic) bond motifs is 1. The molecule has 3 heterocycles. The first-order chi connectivity index (χ1) is 17.1. The highest BCUT2D eigenvalue weighted by atomic mass is 15.2. The van der Waals surface area contributed by atoms with Gasteiger partial charge in [0.25, 0.3) is 0 Å². The van der Waals surface area contributed by atoms with Crippen molar-refractivity contribution in [2.24, 2.45) is 7.05 Å². The van der Waals surface area contributed by atoms with Gasteiger partial charge in [-0.3, -0.25) is 4.68 Å². The topological polar surface area (TPSA) is 90.6 Å². The van der Waals surface area contributed by atoms with E-state index in [1.165, 1.54) is 5.56 Å². The van der Waals surface area contributed by atoms with E-state index in [0.717, 1.165) is 42.3 Å². The van der Waals surface area contributed by atoms with Crippen LogP contribution in [0.1, 0.15) is 24.0 Å². The molecule has 2 unspecified atom stereocenters. The van der Waals surface area contributed by atoms with Gasteiger partial charge in [0.05, 0.1) is 29.6 Å². The van der Waals surface area contributed by atoms with Crippen LogP contribution in [0.4, 0.5) is 11.5 Å². The fourth-order valence-electron chi connectivity index (χ4n) is 3.91. The number of nitrogens with one attached hydrogen (secondary N) is 3. The first kappa shape index (κ1) is 24.0. The van der Waals surface area contributed by atoms with Gasteiger partial charge in [0.15, 0.2) is 0 Å². The Morgan fingerprint density at radius 3 is 2.43 bits per heavy atom. The molecule has 1 aliphatic heterocycles. The highest BCUT2D eigenvalue weighted by Gasteiger charge is 2.19. The van der Waals surface area contributed by atoms with Gasteiger partial charge in [0.1, 0.15) is 5.82 Å². The Labute approximate surface area is 206 Å². The molecule has 0 aliphatic carbocycles. The molecule has 2 aromatic carbocycles. The average Bonchev–Trinajstić information content (AvgIpc) is 3.36. The predicted molar refractivity (Wildman–Crippen MR) is 141 cm³/mol. The summed E-state index contributed by atoms with van der Waals surface area (Å²) in [4.78, 5) is 4.60. The van der Waals surface area contributed by atoms with Crippen molar-refractivity contribution in [2.75, 3.05) is 30.3 Å². The molecule has 4 aromatic rings. The highest BCUT2D eigenvalue weighted by Crippen LogP contribution is 2.29. The number of aryl methyl sites for hydroxylation is 1. The molecule has 3 N–H and O–H groups in total. The van der Waals surface area contributed by atoms with E-state index in [-0.39, 0.29) is 6.04 Å². The van der Waals surface area contributed by atoms with E-state index in [9.17, 15) is 0 Å². The van der Waals surface area contributed by atoms with Crippen LogP contribution in [0.5, 0.6) is 0 Å². The molecule has 0 saturated heterocycles. The van der Waals surface area contributed by atoms with Gasteiger partial charge in [-0.05, 0) is 29.7 Å². The molecule has 0 radical (unpaired) electrons. The standard InChI is InChI=1S/C22H25N7.C6H6/c1-15(17-5-3-16(8-23)4-6-17)9-24-12-20-13-25-21-7-18(10-26-22(21)28-20)19-11-27-29(2)14-19;1-2-4-6-5-3-1/h3-7,10-11,14-15,20,24-25H,9,12-13H2,1-2H3,(H,26,28);1-6H. The van der Waals surface area contributed by atoms with Crippen LogP contribution >= 0.6 is 0 Å². The van der Waals surface area contributed by atoms with Gasteiger partial charge in [-0.25, -0.2) is 4.98 Å². The Balaban J connectivity index is 0.000000421. The van der Waals surface area contributed by atoms with E-state index < -0.39 is 0 Å². The highest BCUT2D eigenvalue weighted by molar-refractivity contribution is 5.75. The van der Waals surface area contributed by atoms with Crippen molar-refractivity contribution >= 4 is 11.5 Å². The second kappa shape index (κ2) is 11.8. The average molecular weight is 466 g/mol. The number of hydrogen-bond acceptors (Lipinski definition) is 6. The number of hydrogen-bond donors (Lipinski definition) is 3. The number of aromatic nitrogens is 3. The molecule has 35 heavy (non-hydrogen) atoms. The van der Waals surface area contributed by atoms with Crippen LogP contribution in [-0.4, -0.2) is 40.4 Å². The molecule has 2 aromatic heterocycles.